The van der Waals surface area contributed by atoms with Crippen molar-refractivity contribution in [1.82, 2.24) is 10.6 Å². The molecule has 2 atom stereocenters. The van der Waals surface area contributed by atoms with Crippen molar-refractivity contribution in [2.45, 2.75) is 31.5 Å². The molecule has 0 bridgehead atoms. The fourth-order valence-corrected chi connectivity index (χ4v) is 3.26. The van der Waals surface area contributed by atoms with E-state index in [9.17, 15) is 4.79 Å². The normalized spacial score (nSPS) is 20.8. The van der Waals surface area contributed by atoms with Crippen LogP contribution >= 0.6 is 12.4 Å². The highest BCUT2D eigenvalue weighted by Gasteiger charge is 2.29. The summed E-state index contributed by atoms with van der Waals surface area (Å²) in [6, 6.07) is 16.1. The van der Waals surface area contributed by atoms with E-state index in [2.05, 4.69) is 22.8 Å². The molecule has 5 nitrogen and oxygen atoms in total. The molecule has 0 saturated carbocycles. The highest BCUT2D eigenvalue weighted by atomic mass is 35.5. The van der Waals surface area contributed by atoms with Gasteiger partial charge in [-0.25, -0.2) is 0 Å². The van der Waals surface area contributed by atoms with Crippen LogP contribution in [0, 0.1) is 0 Å². The molecule has 25 heavy (non-hydrogen) atoms. The number of rotatable bonds is 4. The van der Waals surface area contributed by atoms with Crippen LogP contribution < -0.4 is 20.1 Å². The van der Waals surface area contributed by atoms with Crippen molar-refractivity contribution in [3.05, 3.63) is 59.7 Å². The molecule has 2 heterocycles. The number of carbonyl (C=O) groups is 1. The van der Waals surface area contributed by atoms with Gasteiger partial charge in [0.2, 0.25) is 12.7 Å². The van der Waals surface area contributed by atoms with Gasteiger partial charge in [-0.1, -0.05) is 36.4 Å². The molecule has 1 amide bonds. The minimum Gasteiger partial charge on any atom is -0.454 e. The third kappa shape index (κ3) is 3.89. The highest BCUT2D eigenvalue weighted by Crippen LogP contribution is 2.32. The van der Waals surface area contributed by atoms with Gasteiger partial charge in [-0.2, -0.15) is 0 Å². The van der Waals surface area contributed by atoms with E-state index in [1.54, 1.807) is 0 Å². The average Bonchev–Trinajstić information content (AvgIpc) is 3.29. The summed E-state index contributed by atoms with van der Waals surface area (Å²) in [5.74, 6) is 1.55. The Hall–Kier alpha value is -2.24. The van der Waals surface area contributed by atoms with Gasteiger partial charge in [0.1, 0.15) is 0 Å². The number of ether oxygens (including phenoxy) is 2. The summed E-state index contributed by atoms with van der Waals surface area (Å²) in [7, 11) is 0. The molecule has 1 saturated heterocycles. The number of hydrogen-bond donors (Lipinski definition) is 2. The lowest BCUT2D eigenvalue weighted by atomic mass is 10.1. The third-order valence-electron chi connectivity index (χ3n) is 4.57. The molecule has 2 aliphatic heterocycles. The molecule has 6 heteroatoms. The maximum Gasteiger partial charge on any atom is 0.237 e. The van der Waals surface area contributed by atoms with E-state index in [0.29, 0.717) is 6.54 Å². The van der Waals surface area contributed by atoms with Crippen molar-refractivity contribution in [3.63, 3.8) is 0 Å². The monoisotopic (exact) mass is 360 g/mol. The summed E-state index contributed by atoms with van der Waals surface area (Å²) in [5, 5.41) is 6.43. The van der Waals surface area contributed by atoms with E-state index < -0.39 is 0 Å². The minimum atomic E-state index is -0.135. The molecule has 0 spiro atoms. The zero-order valence-electron chi connectivity index (χ0n) is 13.7. The van der Waals surface area contributed by atoms with Crippen LogP contribution in [0.25, 0.3) is 0 Å². The molecular weight excluding hydrogens is 340 g/mol. The molecule has 4 rings (SSSR count). The van der Waals surface area contributed by atoms with Crippen molar-refractivity contribution >= 4 is 18.3 Å². The fraction of sp³-hybridized carbons (Fsp3) is 0.316. The first kappa shape index (κ1) is 17.6. The Morgan fingerprint density at radius 2 is 1.88 bits per heavy atom. The van der Waals surface area contributed by atoms with E-state index in [-0.39, 0.29) is 37.2 Å². The lowest BCUT2D eigenvalue weighted by molar-refractivity contribution is -0.123. The summed E-state index contributed by atoms with van der Waals surface area (Å²) in [4.78, 5) is 12.4. The summed E-state index contributed by atoms with van der Waals surface area (Å²) in [6.07, 6.45) is 1.83. The standard InChI is InChI=1S/C19H20N2O3.ClH/c22-19(16-8-7-15(21-16)14-4-2-1-3-5-14)20-11-13-6-9-17-18(10-13)24-12-23-17;/h1-6,9-10,15-16,21H,7-8,11-12H2,(H,20,22);1H/t15-,16-;/m1./s1. The molecule has 2 aliphatic rings. The largest absolute Gasteiger partial charge is 0.454 e. The van der Waals surface area contributed by atoms with E-state index in [0.717, 1.165) is 29.9 Å². The van der Waals surface area contributed by atoms with Gasteiger partial charge in [0.25, 0.3) is 0 Å². The molecule has 0 radical (unpaired) electrons. The van der Waals surface area contributed by atoms with Crippen LogP contribution in [0.15, 0.2) is 48.5 Å². The zero-order chi connectivity index (χ0) is 16.4. The molecule has 2 aromatic carbocycles. The van der Waals surface area contributed by atoms with E-state index >= 15 is 0 Å². The predicted molar refractivity (Wildman–Crippen MR) is 97.0 cm³/mol. The number of nitrogens with one attached hydrogen (secondary N) is 2. The number of carbonyl (C=O) groups excluding carboxylic acids is 1. The number of benzene rings is 2. The second-order valence-corrected chi connectivity index (χ2v) is 6.17. The number of halogens is 1. The van der Waals surface area contributed by atoms with Crippen molar-refractivity contribution in [1.29, 1.82) is 0 Å². The van der Waals surface area contributed by atoms with Gasteiger partial charge in [0, 0.05) is 12.6 Å². The van der Waals surface area contributed by atoms with Gasteiger partial charge in [-0.3, -0.25) is 10.1 Å². The van der Waals surface area contributed by atoms with Crippen LogP contribution in [0.3, 0.4) is 0 Å². The Morgan fingerprint density at radius 3 is 2.72 bits per heavy atom. The highest BCUT2D eigenvalue weighted by molar-refractivity contribution is 5.85. The van der Waals surface area contributed by atoms with E-state index in [1.807, 2.05) is 36.4 Å². The number of amides is 1. The van der Waals surface area contributed by atoms with E-state index in [1.165, 1.54) is 5.56 Å². The lowest BCUT2D eigenvalue weighted by Crippen LogP contribution is -2.40. The molecule has 2 N–H and O–H groups in total. The summed E-state index contributed by atoms with van der Waals surface area (Å²) >= 11 is 0. The summed E-state index contributed by atoms with van der Waals surface area (Å²) in [6.45, 7) is 0.752. The van der Waals surface area contributed by atoms with Gasteiger partial charge in [0.15, 0.2) is 11.5 Å². The van der Waals surface area contributed by atoms with Gasteiger partial charge in [-0.05, 0) is 36.1 Å². The number of hydrogen-bond acceptors (Lipinski definition) is 4. The number of fused-ring (bicyclic) bond motifs is 1. The zero-order valence-corrected chi connectivity index (χ0v) is 14.6. The van der Waals surface area contributed by atoms with Crippen LogP contribution in [-0.2, 0) is 11.3 Å². The first-order valence-corrected chi connectivity index (χ1v) is 8.27. The first-order valence-electron chi connectivity index (χ1n) is 8.27. The molecule has 132 valence electrons. The van der Waals surface area contributed by atoms with Gasteiger partial charge in [-0.15, -0.1) is 12.4 Å². The lowest BCUT2D eigenvalue weighted by Gasteiger charge is -2.15. The second-order valence-electron chi connectivity index (χ2n) is 6.17. The van der Waals surface area contributed by atoms with Gasteiger partial charge in [0.05, 0.1) is 6.04 Å². The molecule has 0 aromatic heterocycles. The van der Waals surface area contributed by atoms with Crippen molar-refractivity contribution < 1.29 is 14.3 Å². The van der Waals surface area contributed by atoms with Crippen LogP contribution in [0.2, 0.25) is 0 Å². The van der Waals surface area contributed by atoms with Gasteiger partial charge < -0.3 is 14.8 Å². The predicted octanol–water partition coefficient (Wildman–Crippen LogP) is 2.95. The first-order chi connectivity index (χ1) is 11.8. The smallest absolute Gasteiger partial charge is 0.237 e. The molecule has 0 aliphatic carbocycles. The third-order valence-corrected chi connectivity index (χ3v) is 4.57. The summed E-state index contributed by atoms with van der Waals surface area (Å²) in [5.41, 5.74) is 2.24. The van der Waals surface area contributed by atoms with Gasteiger partial charge >= 0.3 is 0 Å². The van der Waals surface area contributed by atoms with Crippen LogP contribution in [0.4, 0.5) is 0 Å². The van der Waals surface area contributed by atoms with Crippen LogP contribution in [0.1, 0.15) is 30.0 Å². The van der Waals surface area contributed by atoms with Crippen molar-refractivity contribution in [2.24, 2.45) is 0 Å². The molecule has 2 aromatic rings. The second kappa shape index (κ2) is 7.76. The molecular formula is C19H21ClN2O3. The SMILES string of the molecule is Cl.O=C(NCc1ccc2c(c1)OCO2)[C@H]1CC[C@H](c2ccccc2)N1. The van der Waals surface area contributed by atoms with Crippen LogP contribution in [0.5, 0.6) is 11.5 Å². The van der Waals surface area contributed by atoms with Crippen LogP contribution in [-0.4, -0.2) is 18.7 Å². The molecule has 1 fully saturated rings. The van der Waals surface area contributed by atoms with Crippen molar-refractivity contribution in [3.8, 4) is 11.5 Å². The van der Waals surface area contributed by atoms with Crippen molar-refractivity contribution in [2.75, 3.05) is 6.79 Å². The maximum atomic E-state index is 12.4. The topological polar surface area (TPSA) is 59.6 Å². The Morgan fingerprint density at radius 1 is 1.08 bits per heavy atom. The summed E-state index contributed by atoms with van der Waals surface area (Å²) < 4.78 is 10.7. The van der Waals surface area contributed by atoms with E-state index in [4.69, 9.17) is 9.47 Å². The average molecular weight is 361 g/mol. The quantitative estimate of drug-likeness (QED) is 0.880. The Bertz CT molecular complexity index is 739. The molecule has 0 unspecified atom stereocenters. The Labute approximate surface area is 153 Å². The Balaban J connectivity index is 0.00000182. The fourth-order valence-electron chi connectivity index (χ4n) is 3.26. The maximum absolute atomic E-state index is 12.4. The minimum absolute atomic E-state index is 0. The Kier molecular flexibility index (Phi) is 5.46.